The Hall–Kier alpha value is -3.34. The summed E-state index contributed by atoms with van der Waals surface area (Å²) in [6.45, 7) is 0. The average Bonchev–Trinajstić information content (AvgIpc) is 2.92. The highest BCUT2D eigenvalue weighted by Gasteiger charge is 2.29. The lowest BCUT2D eigenvalue weighted by atomic mass is 10.2. The van der Waals surface area contributed by atoms with Gasteiger partial charge < -0.3 is 14.7 Å². The van der Waals surface area contributed by atoms with Crippen LogP contribution in [0.1, 0.15) is 0 Å². The molecule has 4 aromatic carbocycles. The zero-order chi connectivity index (χ0) is 26.7. The summed E-state index contributed by atoms with van der Waals surface area (Å²) in [7, 11) is -3.14. The van der Waals surface area contributed by atoms with Gasteiger partial charge in [0.05, 0.1) is 0 Å². The third-order valence-electron chi connectivity index (χ3n) is 4.44. The number of halogens is 5. The Labute approximate surface area is 205 Å². The first-order valence-corrected chi connectivity index (χ1v) is 11.5. The van der Waals surface area contributed by atoms with Crippen LogP contribution in [0.15, 0.2) is 91.0 Å². The van der Waals surface area contributed by atoms with Crippen LogP contribution in [0.4, 0.5) is 22.0 Å². The molecule has 0 unspecified atom stereocenters. The third-order valence-corrected chi connectivity index (χ3v) is 6.88. The van der Waals surface area contributed by atoms with Crippen molar-refractivity contribution in [3.8, 4) is 5.75 Å². The molecule has 0 heterocycles. The lowest BCUT2D eigenvalue weighted by molar-refractivity contribution is 0.263. The standard InChI is InChI=1S/C18H15P.C6H2BF5O3.H4N2/c1-4-10-16(11-5-1)19(17-12-6-2-7-13-17)18-14-8-3-9-15-18;8-1-2(9)4(11)6(15-7(13)14)5(12)3(1)10;1-2/h1-15H;13-14H;1-2H2. The fourth-order valence-electron chi connectivity index (χ4n) is 2.97. The quantitative estimate of drug-likeness (QED) is 0.0615. The molecule has 12 heteroatoms. The molecule has 0 bridgehead atoms. The summed E-state index contributed by atoms with van der Waals surface area (Å²) < 4.78 is 66.3. The molecule has 0 amide bonds. The van der Waals surface area contributed by atoms with E-state index in [9.17, 15) is 22.0 Å². The van der Waals surface area contributed by atoms with Crippen LogP contribution in [0.3, 0.4) is 0 Å². The molecule has 6 N–H and O–H groups in total. The van der Waals surface area contributed by atoms with Crippen LogP contribution < -0.4 is 32.3 Å². The number of hydrazine groups is 1. The topological polar surface area (TPSA) is 102 Å². The molecule has 0 aliphatic carbocycles. The van der Waals surface area contributed by atoms with Crippen molar-refractivity contribution in [3.63, 3.8) is 0 Å². The first-order valence-electron chi connectivity index (χ1n) is 10.1. The van der Waals surface area contributed by atoms with Crippen molar-refractivity contribution in [1.82, 2.24) is 0 Å². The molecule has 0 fully saturated rings. The lowest BCUT2D eigenvalue weighted by Crippen LogP contribution is -2.23. The van der Waals surface area contributed by atoms with Crippen molar-refractivity contribution in [3.05, 3.63) is 120 Å². The predicted molar refractivity (Wildman–Crippen MR) is 131 cm³/mol. The van der Waals surface area contributed by atoms with Gasteiger partial charge in [0.25, 0.3) is 0 Å². The minimum atomic E-state index is -2.70. The Kier molecular flexibility index (Phi) is 11.5. The molecule has 0 aromatic heterocycles. The van der Waals surface area contributed by atoms with Gasteiger partial charge in [-0.1, -0.05) is 91.0 Å². The van der Waals surface area contributed by atoms with Gasteiger partial charge in [-0.2, -0.15) is 8.78 Å². The number of benzene rings is 4. The highest BCUT2D eigenvalue weighted by Crippen LogP contribution is 2.32. The SMILES string of the molecule is NN.OB(O)Oc1c(F)c(F)c(F)c(F)c1F.c1ccc(P(c2ccccc2)c2ccccc2)cc1. The van der Waals surface area contributed by atoms with Gasteiger partial charge in [-0.3, -0.25) is 11.7 Å². The Balaban J connectivity index is 0.000000244. The van der Waals surface area contributed by atoms with Crippen molar-refractivity contribution in [1.29, 1.82) is 0 Å². The van der Waals surface area contributed by atoms with Gasteiger partial charge in [-0.05, 0) is 23.8 Å². The molecule has 0 saturated carbocycles. The first kappa shape index (κ1) is 28.9. The molecule has 5 nitrogen and oxygen atoms in total. The van der Waals surface area contributed by atoms with Crippen LogP contribution in [0, 0.1) is 29.1 Å². The van der Waals surface area contributed by atoms with Gasteiger partial charge in [0.15, 0.2) is 5.75 Å². The molecule has 36 heavy (non-hydrogen) atoms. The second kappa shape index (κ2) is 14.3. The van der Waals surface area contributed by atoms with Crippen LogP contribution in [-0.2, 0) is 0 Å². The second-order valence-electron chi connectivity index (χ2n) is 6.69. The number of nitrogens with two attached hydrogens (primary N) is 2. The van der Waals surface area contributed by atoms with Crippen molar-refractivity contribution in [2.24, 2.45) is 11.7 Å². The van der Waals surface area contributed by atoms with Gasteiger partial charge >= 0.3 is 7.32 Å². The summed E-state index contributed by atoms with van der Waals surface area (Å²) in [6, 6.07) is 32.3. The number of rotatable bonds is 5. The molecule has 0 aliphatic heterocycles. The van der Waals surface area contributed by atoms with Gasteiger partial charge in [0.2, 0.25) is 29.1 Å². The Morgan fingerprint density at radius 2 is 0.806 bits per heavy atom. The maximum absolute atomic E-state index is 12.7. The molecular formula is C24H21BF5N2O3P. The van der Waals surface area contributed by atoms with Crippen LogP contribution in [0.5, 0.6) is 5.75 Å². The van der Waals surface area contributed by atoms with E-state index in [0.29, 0.717) is 0 Å². The van der Waals surface area contributed by atoms with Crippen LogP contribution >= 0.6 is 7.92 Å². The second-order valence-corrected chi connectivity index (χ2v) is 8.91. The van der Waals surface area contributed by atoms with Crippen LogP contribution in [0.2, 0.25) is 0 Å². The van der Waals surface area contributed by atoms with Gasteiger partial charge in [-0.15, -0.1) is 0 Å². The molecule has 4 rings (SSSR count). The van der Waals surface area contributed by atoms with Crippen molar-refractivity contribution >= 4 is 31.2 Å². The summed E-state index contributed by atoms with van der Waals surface area (Å²) in [5, 5.41) is 20.5. The summed E-state index contributed by atoms with van der Waals surface area (Å²) in [6.07, 6.45) is 0. The van der Waals surface area contributed by atoms with Gasteiger partial charge in [0.1, 0.15) is 0 Å². The van der Waals surface area contributed by atoms with Gasteiger partial charge in [0, 0.05) is 0 Å². The number of hydrogen-bond donors (Lipinski definition) is 4. The average molecular weight is 522 g/mol. The molecular weight excluding hydrogens is 501 g/mol. The van der Waals surface area contributed by atoms with Gasteiger partial charge in [-0.25, -0.2) is 13.2 Å². The first-order chi connectivity index (χ1) is 17.3. The number of hydrogen-bond acceptors (Lipinski definition) is 5. The minimum absolute atomic E-state index is 0.446. The zero-order valence-corrected chi connectivity index (χ0v) is 19.4. The maximum Gasteiger partial charge on any atom is 0.707 e. The van der Waals surface area contributed by atoms with Crippen molar-refractivity contribution < 1.29 is 36.7 Å². The van der Waals surface area contributed by atoms with Crippen molar-refractivity contribution in [2.75, 3.05) is 0 Å². The van der Waals surface area contributed by atoms with E-state index < -0.39 is 50.1 Å². The normalized spacial score (nSPS) is 10.1. The maximum atomic E-state index is 12.7. The molecule has 188 valence electrons. The summed E-state index contributed by atoms with van der Waals surface area (Å²) in [4.78, 5) is 0. The van der Waals surface area contributed by atoms with E-state index in [4.69, 9.17) is 10.0 Å². The van der Waals surface area contributed by atoms with E-state index >= 15 is 0 Å². The highest BCUT2D eigenvalue weighted by molar-refractivity contribution is 7.79. The van der Waals surface area contributed by atoms with E-state index in [1.807, 2.05) is 0 Å². The highest BCUT2D eigenvalue weighted by atomic mass is 31.1. The zero-order valence-electron chi connectivity index (χ0n) is 18.5. The third kappa shape index (κ3) is 7.33. The molecule has 4 aromatic rings. The lowest BCUT2D eigenvalue weighted by Gasteiger charge is -2.18. The largest absolute Gasteiger partial charge is 0.707 e. The molecule has 0 aliphatic rings. The van der Waals surface area contributed by atoms with E-state index in [0.717, 1.165) is 0 Å². The van der Waals surface area contributed by atoms with E-state index in [-0.39, 0.29) is 0 Å². The van der Waals surface area contributed by atoms with E-state index in [2.05, 4.69) is 107 Å². The van der Waals surface area contributed by atoms with Crippen LogP contribution in [0.25, 0.3) is 0 Å². The fraction of sp³-hybridized carbons (Fsp3) is 0. The monoisotopic (exact) mass is 522 g/mol. The Bertz CT molecular complexity index is 1100. The molecule has 0 spiro atoms. The minimum Gasteiger partial charge on any atom is -0.507 e. The van der Waals surface area contributed by atoms with Crippen molar-refractivity contribution in [2.45, 2.75) is 0 Å². The molecule has 0 radical (unpaired) electrons. The van der Waals surface area contributed by atoms with E-state index in [1.165, 1.54) is 15.9 Å². The predicted octanol–water partition coefficient (Wildman–Crippen LogP) is 2.99. The smallest absolute Gasteiger partial charge is 0.507 e. The Morgan fingerprint density at radius 3 is 1.08 bits per heavy atom. The Morgan fingerprint density at radius 1 is 0.528 bits per heavy atom. The van der Waals surface area contributed by atoms with E-state index in [1.54, 1.807) is 0 Å². The summed E-state index contributed by atoms with van der Waals surface area (Å²) >= 11 is 0. The molecule has 0 atom stereocenters. The molecule has 0 saturated heterocycles. The van der Waals surface area contributed by atoms with Crippen LogP contribution in [-0.4, -0.2) is 17.4 Å². The summed E-state index contributed by atoms with van der Waals surface area (Å²) in [5.41, 5.74) is 0. The fourth-order valence-corrected chi connectivity index (χ4v) is 5.28. The summed E-state index contributed by atoms with van der Waals surface area (Å²) in [5.74, 6) is -5.13.